The molecule has 1 aliphatic heterocycles. The van der Waals surface area contributed by atoms with Gasteiger partial charge in [-0.2, -0.15) is 34.8 Å². The molecule has 0 radical (unpaired) electrons. The number of likely N-dealkylation sites (tertiary alicyclic amines) is 1. The third-order valence-corrected chi connectivity index (χ3v) is 7.32. The van der Waals surface area contributed by atoms with Crippen molar-refractivity contribution in [2.45, 2.75) is 56.8 Å². The Balaban J connectivity index is 1.93. The molecule has 2 aromatic rings. The van der Waals surface area contributed by atoms with E-state index in [9.17, 15) is 39.6 Å². The largest absolute Gasteiger partial charge is 0.416 e. The number of alkyl halides is 6. The van der Waals surface area contributed by atoms with Crippen LogP contribution in [0.4, 0.5) is 26.3 Å². The third-order valence-electron chi connectivity index (χ3n) is 6.72. The van der Waals surface area contributed by atoms with Gasteiger partial charge in [0, 0.05) is 18.5 Å². The second-order valence-electron chi connectivity index (χ2n) is 9.79. The van der Waals surface area contributed by atoms with E-state index in [-0.39, 0.29) is 37.7 Å². The summed E-state index contributed by atoms with van der Waals surface area (Å²) in [4.78, 5) is 14.7. The number of halogens is 6. The highest BCUT2D eigenvalue weighted by molar-refractivity contribution is 7.85. The lowest BCUT2D eigenvalue weighted by molar-refractivity contribution is -0.143. The van der Waals surface area contributed by atoms with Crippen LogP contribution >= 0.6 is 0 Å². The summed E-state index contributed by atoms with van der Waals surface area (Å²) in [5.74, 6) is -0.611. The second kappa shape index (κ2) is 11.3. The zero-order valence-electron chi connectivity index (χ0n) is 21.0. The molecule has 5 nitrogen and oxygen atoms in total. The van der Waals surface area contributed by atoms with Crippen LogP contribution in [0.5, 0.6) is 0 Å². The van der Waals surface area contributed by atoms with Gasteiger partial charge in [0.25, 0.3) is 10.1 Å². The highest BCUT2D eigenvalue weighted by Gasteiger charge is 2.39. The lowest BCUT2D eigenvalue weighted by atomic mass is 9.74. The normalized spacial score (nSPS) is 19.3. The number of carbonyl (C=O) groups excluding carboxylic acids is 1. The van der Waals surface area contributed by atoms with Gasteiger partial charge in [-0.3, -0.25) is 8.98 Å². The molecule has 12 heteroatoms. The van der Waals surface area contributed by atoms with E-state index in [1.54, 1.807) is 0 Å². The molecule has 1 atom stereocenters. The van der Waals surface area contributed by atoms with Crippen molar-refractivity contribution in [1.82, 2.24) is 4.90 Å². The number of hydrogen-bond donors (Lipinski definition) is 0. The van der Waals surface area contributed by atoms with Gasteiger partial charge in [-0.1, -0.05) is 36.2 Å². The highest BCUT2D eigenvalue weighted by atomic mass is 32.2. The summed E-state index contributed by atoms with van der Waals surface area (Å²) in [6.07, 6.45) is -7.65. The Hall–Kier alpha value is -2.60. The predicted octanol–water partition coefficient (Wildman–Crippen LogP) is 5.89. The maximum atomic E-state index is 13.3. The van der Waals surface area contributed by atoms with Crippen molar-refractivity contribution < 1.29 is 43.7 Å². The van der Waals surface area contributed by atoms with Gasteiger partial charge in [0.2, 0.25) is 5.91 Å². The Kier molecular flexibility index (Phi) is 8.87. The first-order valence-electron chi connectivity index (χ1n) is 12.0. The van der Waals surface area contributed by atoms with Gasteiger partial charge in [-0.05, 0) is 55.5 Å². The molecule has 1 heterocycles. The molecule has 1 saturated heterocycles. The second-order valence-corrected chi connectivity index (χ2v) is 11.4. The molecule has 0 aromatic heterocycles. The summed E-state index contributed by atoms with van der Waals surface area (Å²) >= 11 is 0. The monoisotopic (exact) mass is 565 g/mol. The number of carbonyl (C=O) groups is 1. The number of aryl methyl sites for hydroxylation is 1. The number of hydrogen-bond acceptors (Lipinski definition) is 4. The van der Waals surface area contributed by atoms with Crippen molar-refractivity contribution in [3.05, 3.63) is 70.3 Å². The van der Waals surface area contributed by atoms with Crippen molar-refractivity contribution in [2.75, 3.05) is 26.0 Å². The third kappa shape index (κ3) is 7.95. The molecule has 1 fully saturated rings. The summed E-state index contributed by atoms with van der Waals surface area (Å²) in [5.41, 5.74) is -2.21. The molecule has 2 aromatic carbocycles. The molecule has 38 heavy (non-hydrogen) atoms. The van der Waals surface area contributed by atoms with E-state index in [0.717, 1.165) is 17.4 Å². The maximum absolute atomic E-state index is 13.3. The molecule has 1 amide bonds. The van der Waals surface area contributed by atoms with Gasteiger partial charge in [0.05, 0.1) is 30.4 Å². The van der Waals surface area contributed by atoms with Crippen molar-refractivity contribution in [3.8, 4) is 0 Å². The summed E-state index contributed by atoms with van der Waals surface area (Å²) in [7, 11) is -3.72. The predicted molar refractivity (Wildman–Crippen MR) is 129 cm³/mol. The van der Waals surface area contributed by atoms with Crippen LogP contribution in [0, 0.1) is 6.92 Å². The van der Waals surface area contributed by atoms with E-state index in [4.69, 9.17) is 4.18 Å². The van der Waals surface area contributed by atoms with E-state index in [1.165, 1.54) is 4.90 Å². The molecular weight excluding hydrogens is 536 g/mol. The van der Waals surface area contributed by atoms with Crippen LogP contribution < -0.4 is 0 Å². The standard InChI is InChI=1S/C26H29F6NO4S/c1-18-5-7-20(8-6-18)24(10-12-37-38(2,35)36)9-3-4-11-33(17-24)23(34)15-19-13-21(25(27,28)29)16-22(14-19)26(30,31)32/h5-8,13-14,16H,3-4,9-12,15,17H2,1-2H3/t24-/m1/s1. The van der Waals surface area contributed by atoms with Gasteiger partial charge < -0.3 is 4.90 Å². The molecule has 0 unspecified atom stereocenters. The minimum Gasteiger partial charge on any atom is -0.342 e. The molecular formula is C26H29F6NO4S. The van der Waals surface area contributed by atoms with E-state index in [0.29, 0.717) is 31.4 Å². The summed E-state index contributed by atoms with van der Waals surface area (Å²) in [6.45, 7) is 2.14. The number of amides is 1. The zero-order chi connectivity index (χ0) is 28.4. The van der Waals surface area contributed by atoms with Crippen LogP contribution in [-0.2, 0) is 43.3 Å². The SMILES string of the molecule is Cc1ccc([C@@]2(CCOS(C)(=O)=O)CCCCN(C(=O)Cc3cc(C(F)(F)F)cc(C(F)(F)F)c3)C2)cc1. The molecule has 0 bridgehead atoms. The Morgan fingerprint density at radius 2 is 1.55 bits per heavy atom. The van der Waals surface area contributed by atoms with Gasteiger partial charge >= 0.3 is 12.4 Å². The Labute approximate surface area is 217 Å². The van der Waals surface area contributed by atoms with Crippen LogP contribution in [-0.4, -0.2) is 45.2 Å². The van der Waals surface area contributed by atoms with Crippen molar-refractivity contribution >= 4 is 16.0 Å². The Bertz CT molecular complexity index is 1210. The fourth-order valence-electron chi connectivity index (χ4n) is 4.79. The van der Waals surface area contributed by atoms with Crippen LogP contribution in [0.25, 0.3) is 0 Å². The molecule has 0 spiro atoms. The van der Waals surface area contributed by atoms with Crippen LogP contribution in [0.15, 0.2) is 42.5 Å². The lowest BCUT2D eigenvalue weighted by Gasteiger charge is -2.37. The van der Waals surface area contributed by atoms with E-state index in [2.05, 4.69) is 0 Å². The van der Waals surface area contributed by atoms with Crippen molar-refractivity contribution in [2.24, 2.45) is 0 Å². The fraction of sp³-hybridized carbons (Fsp3) is 0.500. The Morgan fingerprint density at radius 3 is 2.08 bits per heavy atom. The molecule has 3 rings (SSSR count). The summed E-state index contributed by atoms with van der Waals surface area (Å²) < 4.78 is 108. The molecule has 0 N–H and O–H groups in total. The van der Waals surface area contributed by atoms with Crippen LogP contribution in [0.2, 0.25) is 0 Å². The summed E-state index contributed by atoms with van der Waals surface area (Å²) in [6, 6.07) is 8.69. The van der Waals surface area contributed by atoms with Gasteiger partial charge in [0.15, 0.2) is 0 Å². The highest BCUT2D eigenvalue weighted by Crippen LogP contribution is 2.39. The first-order valence-corrected chi connectivity index (χ1v) is 13.8. The molecule has 0 aliphatic carbocycles. The molecule has 210 valence electrons. The van der Waals surface area contributed by atoms with Gasteiger partial charge in [-0.25, -0.2) is 0 Å². The average molecular weight is 566 g/mol. The lowest BCUT2D eigenvalue weighted by Crippen LogP contribution is -2.44. The minimum absolute atomic E-state index is 0.0319. The Morgan fingerprint density at radius 1 is 0.974 bits per heavy atom. The molecule has 1 aliphatic rings. The summed E-state index contributed by atoms with van der Waals surface area (Å²) in [5, 5.41) is 0. The number of nitrogens with zero attached hydrogens (tertiary/aromatic N) is 1. The first-order chi connectivity index (χ1) is 17.5. The number of rotatable bonds is 7. The van der Waals surface area contributed by atoms with E-state index < -0.39 is 51.3 Å². The average Bonchev–Trinajstić information content (AvgIpc) is 3.01. The van der Waals surface area contributed by atoms with E-state index >= 15 is 0 Å². The van der Waals surface area contributed by atoms with Crippen molar-refractivity contribution in [1.29, 1.82) is 0 Å². The van der Waals surface area contributed by atoms with Crippen molar-refractivity contribution in [3.63, 3.8) is 0 Å². The topological polar surface area (TPSA) is 63.7 Å². The quantitative estimate of drug-likeness (QED) is 0.310. The first kappa shape index (κ1) is 29.9. The van der Waals surface area contributed by atoms with Gasteiger partial charge in [-0.15, -0.1) is 0 Å². The van der Waals surface area contributed by atoms with Crippen LogP contribution in [0.1, 0.15) is 53.5 Å². The van der Waals surface area contributed by atoms with E-state index in [1.807, 2.05) is 31.2 Å². The number of benzene rings is 2. The molecule has 0 saturated carbocycles. The van der Waals surface area contributed by atoms with Crippen LogP contribution in [0.3, 0.4) is 0 Å². The smallest absolute Gasteiger partial charge is 0.342 e. The fourth-order valence-corrected chi connectivity index (χ4v) is 5.18. The zero-order valence-corrected chi connectivity index (χ0v) is 21.8. The maximum Gasteiger partial charge on any atom is 0.416 e. The van der Waals surface area contributed by atoms with Gasteiger partial charge in [0.1, 0.15) is 0 Å². The minimum atomic E-state index is -5.01.